The first kappa shape index (κ1) is 21.1. The zero-order valence-electron chi connectivity index (χ0n) is 17.9. The number of hydrogen-bond donors (Lipinski definition) is 4. The zero-order chi connectivity index (χ0) is 22.7. The standard InChI is InChI=1S/C25H24N4O3/c1-16-7-11-18(12-8-16)26-22(30)15-25(20-5-3-4-6-21(20)28-23(25)31)29-24(32)27-19-13-9-17(2)10-14-19/h3-14H,15H2,1-2H3,(H,26,30)(H,28,31)(H2,27,29,32)/t25-/m0/s1. The summed E-state index contributed by atoms with van der Waals surface area (Å²) in [6.07, 6.45) is -0.259. The Morgan fingerprint density at radius 1 is 0.812 bits per heavy atom. The molecule has 4 N–H and O–H groups in total. The summed E-state index contributed by atoms with van der Waals surface area (Å²) in [5.74, 6) is -0.854. The van der Waals surface area contributed by atoms with Crippen LogP contribution in [-0.2, 0) is 15.1 Å². The lowest BCUT2D eigenvalue weighted by molar-refractivity contribution is -0.126. The molecule has 0 unspecified atom stereocenters. The van der Waals surface area contributed by atoms with Crippen LogP contribution in [0, 0.1) is 13.8 Å². The number of fused-ring (bicyclic) bond motifs is 1. The Balaban J connectivity index is 1.59. The molecule has 32 heavy (non-hydrogen) atoms. The number of aryl methyl sites for hydroxylation is 2. The topological polar surface area (TPSA) is 99.3 Å². The maximum atomic E-state index is 13.1. The highest BCUT2D eigenvalue weighted by molar-refractivity contribution is 6.11. The molecule has 0 aromatic heterocycles. The highest BCUT2D eigenvalue weighted by Crippen LogP contribution is 2.38. The second-order valence-corrected chi connectivity index (χ2v) is 7.94. The van der Waals surface area contributed by atoms with Crippen molar-refractivity contribution in [3.8, 4) is 0 Å². The Kier molecular flexibility index (Phi) is 5.64. The van der Waals surface area contributed by atoms with E-state index in [4.69, 9.17) is 0 Å². The van der Waals surface area contributed by atoms with Crippen molar-refractivity contribution in [1.29, 1.82) is 0 Å². The monoisotopic (exact) mass is 428 g/mol. The Morgan fingerprint density at radius 3 is 2.00 bits per heavy atom. The minimum absolute atomic E-state index is 0.259. The molecule has 1 aliphatic heterocycles. The molecule has 1 heterocycles. The van der Waals surface area contributed by atoms with Gasteiger partial charge in [-0.2, -0.15) is 0 Å². The van der Waals surface area contributed by atoms with E-state index < -0.39 is 23.4 Å². The maximum Gasteiger partial charge on any atom is 0.320 e. The molecule has 0 bridgehead atoms. The fraction of sp³-hybridized carbons (Fsp3) is 0.160. The molecule has 4 rings (SSSR count). The van der Waals surface area contributed by atoms with Crippen molar-refractivity contribution in [2.75, 3.05) is 16.0 Å². The van der Waals surface area contributed by atoms with Gasteiger partial charge in [0, 0.05) is 22.6 Å². The fourth-order valence-electron chi connectivity index (χ4n) is 3.74. The third-order valence-corrected chi connectivity index (χ3v) is 5.42. The van der Waals surface area contributed by atoms with E-state index in [1.807, 2.05) is 38.1 Å². The Labute approximate surface area is 186 Å². The van der Waals surface area contributed by atoms with Crippen LogP contribution in [0.2, 0.25) is 0 Å². The van der Waals surface area contributed by atoms with E-state index in [2.05, 4.69) is 21.3 Å². The smallest absolute Gasteiger partial charge is 0.320 e. The van der Waals surface area contributed by atoms with Crippen LogP contribution in [0.5, 0.6) is 0 Å². The highest BCUT2D eigenvalue weighted by Gasteiger charge is 2.49. The van der Waals surface area contributed by atoms with Crippen molar-refractivity contribution >= 4 is 34.9 Å². The third-order valence-electron chi connectivity index (χ3n) is 5.42. The van der Waals surface area contributed by atoms with E-state index in [0.717, 1.165) is 11.1 Å². The number of amides is 4. The molecule has 0 radical (unpaired) electrons. The number of hydrogen-bond acceptors (Lipinski definition) is 3. The average molecular weight is 428 g/mol. The summed E-state index contributed by atoms with van der Waals surface area (Å²) in [6.45, 7) is 3.91. The van der Waals surface area contributed by atoms with Crippen molar-refractivity contribution in [3.63, 3.8) is 0 Å². The lowest BCUT2D eigenvalue weighted by Crippen LogP contribution is -2.53. The van der Waals surface area contributed by atoms with E-state index in [9.17, 15) is 14.4 Å². The minimum atomic E-state index is -1.54. The molecule has 7 nitrogen and oxygen atoms in total. The van der Waals surface area contributed by atoms with E-state index in [1.165, 1.54) is 0 Å². The fourth-order valence-corrected chi connectivity index (χ4v) is 3.74. The summed E-state index contributed by atoms with van der Waals surface area (Å²) in [7, 11) is 0. The second kappa shape index (κ2) is 8.55. The molecule has 7 heteroatoms. The lowest BCUT2D eigenvalue weighted by atomic mass is 9.87. The van der Waals surface area contributed by atoms with Gasteiger partial charge in [-0.15, -0.1) is 0 Å². The SMILES string of the molecule is Cc1ccc(NC(=O)C[C@@]2(NC(=O)Nc3ccc(C)cc3)C(=O)Nc3ccccc32)cc1. The molecule has 3 aromatic rings. The van der Waals surface area contributed by atoms with E-state index in [-0.39, 0.29) is 6.42 Å². The van der Waals surface area contributed by atoms with Gasteiger partial charge in [0.1, 0.15) is 0 Å². The molecule has 0 spiro atoms. The van der Waals surface area contributed by atoms with E-state index >= 15 is 0 Å². The van der Waals surface area contributed by atoms with Crippen molar-refractivity contribution < 1.29 is 14.4 Å². The quantitative estimate of drug-likeness (QED) is 0.487. The first-order valence-corrected chi connectivity index (χ1v) is 10.3. The van der Waals surface area contributed by atoms with Gasteiger partial charge in [0.2, 0.25) is 5.91 Å². The number of benzene rings is 3. The van der Waals surface area contributed by atoms with Gasteiger partial charge in [0.15, 0.2) is 5.54 Å². The van der Waals surface area contributed by atoms with Crippen LogP contribution >= 0.6 is 0 Å². The van der Waals surface area contributed by atoms with Gasteiger partial charge in [-0.3, -0.25) is 9.59 Å². The summed E-state index contributed by atoms with van der Waals surface area (Å²) in [5, 5.41) is 11.1. The number of carbonyl (C=O) groups is 3. The van der Waals surface area contributed by atoms with Crippen molar-refractivity contribution in [1.82, 2.24) is 5.32 Å². The normalized spacial score (nSPS) is 16.6. The van der Waals surface area contributed by atoms with Crippen LogP contribution in [0.4, 0.5) is 21.9 Å². The molecule has 0 saturated heterocycles. The second-order valence-electron chi connectivity index (χ2n) is 7.94. The summed E-state index contributed by atoms with van der Waals surface area (Å²) >= 11 is 0. The van der Waals surface area contributed by atoms with Gasteiger partial charge in [0.25, 0.3) is 5.91 Å². The van der Waals surface area contributed by atoms with Crippen LogP contribution in [-0.4, -0.2) is 17.8 Å². The minimum Gasteiger partial charge on any atom is -0.326 e. The number of nitrogens with one attached hydrogen (secondary N) is 4. The number of urea groups is 1. The first-order valence-electron chi connectivity index (χ1n) is 10.3. The van der Waals surface area contributed by atoms with Gasteiger partial charge in [-0.1, -0.05) is 53.6 Å². The predicted octanol–water partition coefficient (Wildman–Crippen LogP) is 4.30. The van der Waals surface area contributed by atoms with Crippen molar-refractivity contribution in [3.05, 3.63) is 89.5 Å². The molecule has 4 amide bonds. The molecular formula is C25H24N4O3. The maximum absolute atomic E-state index is 13.1. The highest BCUT2D eigenvalue weighted by atomic mass is 16.2. The number of carbonyl (C=O) groups excluding carboxylic acids is 3. The lowest BCUT2D eigenvalue weighted by Gasteiger charge is -2.28. The Morgan fingerprint density at radius 2 is 1.38 bits per heavy atom. The molecule has 162 valence electrons. The predicted molar refractivity (Wildman–Crippen MR) is 125 cm³/mol. The van der Waals surface area contributed by atoms with Crippen LogP contribution in [0.3, 0.4) is 0 Å². The molecule has 1 aliphatic rings. The van der Waals surface area contributed by atoms with Crippen LogP contribution in [0.15, 0.2) is 72.8 Å². The number of rotatable bonds is 5. The summed E-state index contributed by atoms with van der Waals surface area (Å²) in [4.78, 5) is 38.9. The molecular weight excluding hydrogens is 404 g/mol. The summed E-state index contributed by atoms with van der Waals surface area (Å²) in [5.41, 5.74) is 2.90. The first-order chi connectivity index (χ1) is 15.4. The summed E-state index contributed by atoms with van der Waals surface area (Å²) < 4.78 is 0. The third kappa shape index (κ3) is 4.32. The molecule has 0 saturated carbocycles. The molecule has 0 fully saturated rings. The van der Waals surface area contributed by atoms with Gasteiger partial charge >= 0.3 is 6.03 Å². The van der Waals surface area contributed by atoms with Crippen LogP contribution in [0.25, 0.3) is 0 Å². The van der Waals surface area contributed by atoms with Crippen molar-refractivity contribution in [2.24, 2.45) is 0 Å². The molecule has 1 atom stereocenters. The van der Waals surface area contributed by atoms with E-state index in [0.29, 0.717) is 22.6 Å². The van der Waals surface area contributed by atoms with Gasteiger partial charge in [-0.25, -0.2) is 4.79 Å². The van der Waals surface area contributed by atoms with Gasteiger partial charge < -0.3 is 21.3 Å². The van der Waals surface area contributed by atoms with Crippen LogP contribution < -0.4 is 21.3 Å². The largest absolute Gasteiger partial charge is 0.326 e. The number of anilines is 3. The van der Waals surface area contributed by atoms with Crippen LogP contribution in [0.1, 0.15) is 23.1 Å². The zero-order valence-corrected chi connectivity index (χ0v) is 17.9. The summed E-state index contributed by atoms with van der Waals surface area (Å²) in [6, 6.07) is 21.1. The molecule has 3 aromatic carbocycles. The number of para-hydroxylation sites is 1. The van der Waals surface area contributed by atoms with Crippen molar-refractivity contribution in [2.45, 2.75) is 25.8 Å². The average Bonchev–Trinajstić information content (AvgIpc) is 3.02. The Bertz CT molecular complexity index is 1110. The molecule has 0 aliphatic carbocycles. The van der Waals surface area contributed by atoms with Gasteiger partial charge in [-0.05, 0) is 44.2 Å². The Hall–Kier alpha value is -4.13. The van der Waals surface area contributed by atoms with Gasteiger partial charge in [0.05, 0.1) is 6.42 Å². The van der Waals surface area contributed by atoms with E-state index in [1.54, 1.807) is 48.5 Å².